The third kappa shape index (κ3) is 9.16. The van der Waals surface area contributed by atoms with Gasteiger partial charge in [-0.15, -0.1) is 24.0 Å². The molecular weight excluding hydrogens is 443 g/mol. The fourth-order valence-electron chi connectivity index (χ4n) is 2.62. The van der Waals surface area contributed by atoms with Crippen LogP contribution in [-0.4, -0.2) is 59.3 Å². The minimum atomic E-state index is 0. The SMILES string of the molecule is CCNC(=NCCN(C(C)C)C(C)C)NCCc1nc(C(C)C)no1.I. The molecule has 152 valence electrons. The molecule has 2 N–H and O–H groups in total. The second kappa shape index (κ2) is 13.3. The third-order valence-corrected chi connectivity index (χ3v) is 3.93. The molecule has 0 aromatic carbocycles. The number of nitrogens with zero attached hydrogens (tertiary/aromatic N) is 4. The molecule has 0 radical (unpaired) electrons. The van der Waals surface area contributed by atoms with Crippen molar-refractivity contribution in [3.05, 3.63) is 11.7 Å². The first-order valence-electron chi connectivity index (χ1n) is 9.45. The number of aliphatic imine (C=N–C) groups is 1. The predicted molar refractivity (Wildman–Crippen MR) is 118 cm³/mol. The van der Waals surface area contributed by atoms with Crippen LogP contribution in [0.1, 0.15) is 66.1 Å². The molecule has 0 saturated carbocycles. The van der Waals surface area contributed by atoms with Gasteiger partial charge in [-0.2, -0.15) is 4.98 Å². The lowest BCUT2D eigenvalue weighted by atomic mass is 10.2. The minimum Gasteiger partial charge on any atom is -0.357 e. The maximum atomic E-state index is 5.26. The number of aromatic nitrogens is 2. The van der Waals surface area contributed by atoms with Gasteiger partial charge in [-0.25, -0.2) is 0 Å². The topological polar surface area (TPSA) is 78.6 Å². The number of hydrogen-bond donors (Lipinski definition) is 2. The highest BCUT2D eigenvalue weighted by atomic mass is 127. The van der Waals surface area contributed by atoms with Crippen LogP contribution >= 0.6 is 24.0 Å². The molecule has 0 bridgehead atoms. The summed E-state index contributed by atoms with van der Waals surface area (Å²) < 4.78 is 5.26. The van der Waals surface area contributed by atoms with Crippen molar-refractivity contribution in [3.63, 3.8) is 0 Å². The van der Waals surface area contributed by atoms with Crippen LogP contribution in [0, 0.1) is 0 Å². The zero-order valence-electron chi connectivity index (χ0n) is 17.4. The molecule has 0 saturated heterocycles. The first kappa shape index (κ1) is 25.1. The van der Waals surface area contributed by atoms with Crippen molar-refractivity contribution in [3.8, 4) is 0 Å². The van der Waals surface area contributed by atoms with Crippen LogP contribution in [0.3, 0.4) is 0 Å². The number of hydrogen-bond acceptors (Lipinski definition) is 5. The Morgan fingerprint density at radius 1 is 1.12 bits per heavy atom. The molecule has 1 heterocycles. The van der Waals surface area contributed by atoms with E-state index in [9.17, 15) is 0 Å². The van der Waals surface area contributed by atoms with E-state index in [2.05, 4.69) is 79.1 Å². The average molecular weight is 480 g/mol. The fraction of sp³-hybridized carbons (Fsp3) is 0.833. The molecule has 26 heavy (non-hydrogen) atoms. The first-order chi connectivity index (χ1) is 11.8. The van der Waals surface area contributed by atoms with Gasteiger partial charge >= 0.3 is 0 Å². The molecule has 0 aliphatic rings. The summed E-state index contributed by atoms with van der Waals surface area (Å²) in [5, 5.41) is 10.6. The fourth-order valence-corrected chi connectivity index (χ4v) is 2.62. The Kier molecular flexibility index (Phi) is 12.8. The lowest BCUT2D eigenvalue weighted by Crippen LogP contribution is -2.41. The van der Waals surface area contributed by atoms with Crippen molar-refractivity contribution < 1.29 is 4.52 Å². The van der Waals surface area contributed by atoms with E-state index in [0.717, 1.165) is 31.4 Å². The summed E-state index contributed by atoms with van der Waals surface area (Å²) >= 11 is 0. The van der Waals surface area contributed by atoms with Crippen LogP contribution < -0.4 is 10.6 Å². The molecule has 0 spiro atoms. The maximum absolute atomic E-state index is 5.26. The zero-order valence-corrected chi connectivity index (χ0v) is 19.7. The van der Waals surface area contributed by atoms with Crippen molar-refractivity contribution in [2.75, 3.05) is 26.2 Å². The van der Waals surface area contributed by atoms with Gasteiger partial charge in [-0.05, 0) is 34.6 Å². The van der Waals surface area contributed by atoms with Gasteiger partial charge in [0, 0.05) is 44.1 Å². The molecule has 0 aliphatic heterocycles. The Bertz CT molecular complexity index is 508. The standard InChI is InChI=1S/C18H36N6O.HI/c1-8-19-18(21-11-12-24(14(4)5)15(6)7)20-10-9-16-22-17(13(2)3)23-25-16;/h13-15H,8-12H2,1-7H3,(H2,19,20,21);1H. The van der Waals surface area contributed by atoms with E-state index in [4.69, 9.17) is 4.52 Å². The second-order valence-electron chi connectivity index (χ2n) is 7.06. The lowest BCUT2D eigenvalue weighted by Gasteiger charge is -2.29. The summed E-state index contributed by atoms with van der Waals surface area (Å²) in [5.41, 5.74) is 0. The van der Waals surface area contributed by atoms with E-state index < -0.39 is 0 Å². The van der Waals surface area contributed by atoms with Crippen molar-refractivity contribution >= 4 is 29.9 Å². The number of halogens is 1. The van der Waals surface area contributed by atoms with Crippen molar-refractivity contribution in [1.29, 1.82) is 0 Å². The van der Waals surface area contributed by atoms with E-state index in [1.165, 1.54) is 0 Å². The van der Waals surface area contributed by atoms with Crippen LogP contribution in [0.4, 0.5) is 0 Å². The van der Waals surface area contributed by atoms with Gasteiger partial charge in [-0.3, -0.25) is 9.89 Å². The summed E-state index contributed by atoms with van der Waals surface area (Å²) in [7, 11) is 0. The Hall–Kier alpha value is -0.900. The molecule has 1 aromatic rings. The van der Waals surface area contributed by atoms with Gasteiger partial charge in [0.15, 0.2) is 11.8 Å². The van der Waals surface area contributed by atoms with Crippen LogP contribution in [0.5, 0.6) is 0 Å². The Balaban J connectivity index is 0.00000625. The monoisotopic (exact) mass is 480 g/mol. The van der Waals surface area contributed by atoms with E-state index in [-0.39, 0.29) is 29.9 Å². The predicted octanol–water partition coefficient (Wildman–Crippen LogP) is 3.03. The Labute approximate surface area is 175 Å². The van der Waals surface area contributed by atoms with Crippen molar-refractivity contribution in [1.82, 2.24) is 25.7 Å². The van der Waals surface area contributed by atoms with E-state index >= 15 is 0 Å². The molecule has 0 unspecified atom stereocenters. The molecule has 1 aromatic heterocycles. The summed E-state index contributed by atoms with van der Waals surface area (Å²) in [4.78, 5) is 11.5. The normalized spacial score (nSPS) is 12.2. The number of rotatable bonds is 10. The maximum Gasteiger partial charge on any atom is 0.228 e. The third-order valence-electron chi connectivity index (χ3n) is 3.93. The van der Waals surface area contributed by atoms with E-state index in [0.29, 0.717) is 30.9 Å². The smallest absolute Gasteiger partial charge is 0.228 e. The molecule has 0 atom stereocenters. The minimum absolute atomic E-state index is 0. The molecule has 0 amide bonds. The molecule has 0 aliphatic carbocycles. The number of nitrogens with one attached hydrogen (secondary N) is 2. The van der Waals surface area contributed by atoms with Gasteiger partial charge in [0.2, 0.25) is 5.89 Å². The largest absolute Gasteiger partial charge is 0.357 e. The summed E-state index contributed by atoms with van der Waals surface area (Å²) in [6.45, 7) is 18.3. The van der Waals surface area contributed by atoms with Gasteiger partial charge in [0.25, 0.3) is 0 Å². The summed E-state index contributed by atoms with van der Waals surface area (Å²) in [6.07, 6.45) is 0.689. The highest BCUT2D eigenvalue weighted by molar-refractivity contribution is 14.0. The highest BCUT2D eigenvalue weighted by Gasteiger charge is 2.12. The molecular formula is C18H37IN6O. The van der Waals surface area contributed by atoms with Crippen LogP contribution in [0.15, 0.2) is 9.52 Å². The number of guanidine groups is 1. The molecule has 8 heteroatoms. The molecule has 0 fully saturated rings. The van der Waals surface area contributed by atoms with E-state index in [1.807, 2.05) is 0 Å². The molecule has 1 rings (SSSR count). The van der Waals surface area contributed by atoms with Crippen LogP contribution in [-0.2, 0) is 6.42 Å². The summed E-state index contributed by atoms with van der Waals surface area (Å²) in [5.74, 6) is 2.55. The average Bonchev–Trinajstić information content (AvgIpc) is 2.99. The van der Waals surface area contributed by atoms with Gasteiger partial charge in [-0.1, -0.05) is 19.0 Å². The van der Waals surface area contributed by atoms with Crippen molar-refractivity contribution in [2.45, 2.75) is 72.9 Å². The second-order valence-corrected chi connectivity index (χ2v) is 7.06. The zero-order chi connectivity index (χ0) is 18.8. The van der Waals surface area contributed by atoms with E-state index in [1.54, 1.807) is 0 Å². The van der Waals surface area contributed by atoms with Gasteiger partial charge in [0.05, 0.1) is 6.54 Å². The van der Waals surface area contributed by atoms with Crippen LogP contribution in [0.25, 0.3) is 0 Å². The lowest BCUT2D eigenvalue weighted by molar-refractivity contribution is 0.181. The Morgan fingerprint density at radius 3 is 2.27 bits per heavy atom. The quantitative estimate of drug-likeness (QED) is 0.305. The highest BCUT2D eigenvalue weighted by Crippen LogP contribution is 2.09. The van der Waals surface area contributed by atoms with Crippen molar-refractivity contribution in [2.24, 2.45) is 4.99 Å². The molecule has 7 nitrogen and oxygen atoms in total. The van der Waals surface area contributed by atoms with Gasteiger partial charge in [0.1, 0.15) is 0 Å². The Morgan fingerprint density at radius 2 is 1.77 bits per heavy atom. The van der Waals surface area contributed by atoms with Gasteiger partial charge < -0.3 is 15.2 Å². The van der Waals surface area contributed by atoms with Crippen LogP contribution in [0.2, 0.25) is 0 Å². The summed E-state index contributed by atoms with van der Waals surface area (Å²) in [6, 6.07) is 1.05. The first-order valence-corrected chi connectivity index (χ1v) is 9.45.